The topological polar surface area (TPSA) is 78.3 Å². The van der Waals surface area contributed by atoms with Gasteiger partial charge >= 0.3 is 0 Å². The summed E-state index contributed by atoms with van der Waals surface area (Å²) in [6.45, 7) is 3.51. The number of aryl methyl sites for hydroxylation is 1. The maximum Gasteiger partial charge on any atom is 0.149 e. The summed E-state index contributed by atoms with van der Waals surface area (Å²) < 4.78 is 0. The molecule has 1 aromatic heterocycles. The Labute approximate surface area is 89.2 Å². The van der Waals surface area contributed by atoms with Crippen molar-refractivity contribution in [3.63, 3.8) is 0 Å². The number of anilines is 1. The van der Waals surface area contributed by atoms with E-state index in [0.29, 0.717) is 12.2 Å². The molecule has 0 aliphatic rings. The third kappa shape index (κ3) is 2.87. The Morgan fingerprint density at radius 3 is 2.53 bits per heavy atom. The second-order valence-electron chi connectivity index (χ2n) is 3.69. The van der Waals surface area contributed by atoms with Crippen LogP contribution in [-0.2, 0) is 0 Å². The number of aliphatic hydroxyl groups is 2. The Balaban J connectivity index is 2.82. The molecule has 0 saturated heterocycles. The Kier molecular flexibility index (Phi) is 3.99. The predicted octanol–water partition coefficient (Wildman–Crippen LogP) is 0.330. The van der Waals surface area contributed by atoms with E-state index in [1.807, 2.05) is 19.9 Å². The fourth-order valence-corrected chi connectivity index (χ4v) is 1.24. The van der Waals surface area contributed by atoms with E-state index in [9.17, 15) is 10.2 Å². The molecular formula is C10H17N3O2. The zero-order valence-electron chi connectivity index (χ0n) is 9.06. The third-order valence-corrected chi connectivity index (χ3v) is 2.47. The van der Waals surface area contributed by atoms with Crippen LogP contribution < -0.4 is 5.32 Å². The number of aliphatic hydroxyl groups excluding tert-OH is 2. The predicted molar refractivity (Wildman–Crippen MR) is 57.6 cm³/mol. The Morgan fingerprint density at radius 1 is 1.40 bits per heavy atom. The van der Waals surface area contributed by atoms with Crippen molar-refractivity contribution in [1.82, 2.24) is 10.2 Å². The van der Waals surface area contributed by atoms with Gasteiger partial charge in [0.2, 0.25) is 0 Å². The van der Waals surface area contributed by atoms with Crippen molar-refractivity contribution < 1.29 is 10.2 Å². The average molecular weight is 211 g/mol. The molecular weight excluding hydrogens is 194 g/mol. The van der Waals surface area contributed by atoms with Crippen LogP contribution in [0.3, 0.4) is 0 Å². The van der Waals surface area contributed by atoms with Gasteiger partial charge in [0.25, 0.3) is 0 Å². The Bertz CT molecular complexity index is 305. The molecule has 0 atom stereocenters. The first-order valence-electron chi connectivity index (χ1n) is 4.95. The minimum absolute atomic E-state index is 0.143. The molecule has 0 saturated carbocycles. The van der Waals surface area contributed by atoms with Gasteiger partial charge in [-0.1, -0.05) is 6.92 Å². The van der Waals surface area contributed by atoms with Crippen LogP contribution in [0.15, 0.2) is 12.3 Å². The summed E-state index contributed by atoms with van der Waals surface area (Å²) in [5, 5.41) is 29.2. The summed E-state index contributed by atoms with van der Waals surface area (Å²) in [6, 6.07) is 1.82. The molecule has 0 radical (unpaired) electrons. The number of nitrogens with zero attached hydrogens (tertiary/aromatic N) is 2. The second-order valence-corrected chi connectivity index (χ2v) is 3.69. The summed E-state index contributed by atoms with van der Waals surface area (Å²) in [6.07, 6.45) is 2.26. The molecule has 3 N–H and O–H groups in total. The molecule has 0 aliphatic carbocycles. The lowest BCUT2D eigenvalue weighted by Gasteiger charge is -2.30. The molecule has 0 fully saturated rings. The molecule has 1 aromatic rings. The van der Waals surface area contributed by atoms with Crippen molar-refractivity contribution in [3.8, 4) is 0 Å². The van der Waals surface area contributed by atoms with E-state index in [-0.39, 0.29) is 13.2 Å². The summed E-state index contributed by atoms with van der Waals surface area (Å²) in [7, 11) is 0. The zero-order valence-corrected chi connectivity index (χ0v) is 9.06. The van der Waals surface area contributed by atoms with Crippen molar-refractivity contribution in [2.75, 3.05) is 18.5 Å². The van der Waals surface area contributed by atoms with E-state index in [0.717, 1.165) is 5.56 Å². The molecule has 15 heavy (non-hydrogen) atoms. The molecule has 84 valence electrons. The minimum Gasteiger partial charge on any atom is -0.394 e. The van der Waals surface area contributed by atoms with Crippen molar-refractivity contribution >= 4 is 5.82 Å². The highest BCUT2D eigenvalue weighted by molar-refractivity contribution is 5.38. The number of nitrogens with one attached hydrogen (secondary N) is 1. The van der Waals surface area contributed by atoms with Gasteiger partial charge in [-0.05, 0) is 25.0 Å². The van der Waals surface area contributed by atoms with Crippen LogP contribution in [0.2, 0.25) is 0 Å². The Morgan fingerprint density at radius 2 is 2.07 bits per heavy atom. The molecule has 0 bridgehead atoms. The lowest BCUT2D eigenvalue weighted by molar-refractivity contribution is 0.132. The van der Waals surface area contributed by atoms with Crippen molar-refractivity contribution in [2.24, 2.45) is 0 Å². The molecule has 0 aliphatic heterocycles. The van der Waals surface area contributed by atoms with Crippen LogP contribution >= 0.6 is 0 Å². The maximum absolute atomic E-state index is 9.24. The normalized spacial score (nSPS) is 11.5. The fraction of sp³-hybridized carbons (Fsp3) is 0.600. The SMILES string of the molecule is CCC(CO)(CO)Nc1cc(C)cnn1. The average Bonchev–Trinajstić information content (AvgIpc) is 2.26. The van der Waals surface area contributed by atoms with Gasteiger partial charge in [0.1, 0.15) is 5.82 Å². The highest BCUT2D eigenvalue weighted by atomic mass is 16.3. The maximum atomic E-state index is 9.24. The number of hydrogen-bond acceptors (Lipinski definition) is 5. The molecule has 5 heteroatoms. The van der Waals surface area contributed by atoms with Gasteiger partial charge < -0.3 is 15.5 Å². The van der Waals surface area contributed by atoms with E-state index < -0.39 is 5.54 Å². The summed E-state index contributed by atoms with van der Waals surface area (Å²) in [4.78, 5) is 0. The zero-order chi connectivity index (χ0) is 11.3. The van der Waals surface area contributed by atoms with E-state index in [2.05, 4.69) is 15.5 Å². The summed E-state index contributed by atoms with van der Waals surface area (Å²) >= 11 is 0. The highest BCUT2D eigenvalue weighted by Gasteiger charge is 2.26. The lowest BCUT2D eigenvalue weighted by Crippen LogP contribution is -2.45. The monoisotopic (exact) mass is 211 g/mol. The van der Waals surface area contributed by atoms with Crippen molar-refractivity contribution in [3.05, 3.63) is 17.8 Å². The molecule has 1 heterocycles. The van der Waals surface area contributed by atoms with Gasteiger partial charge in [-0.2, -0.15) is 5.10 Å². The largest absolute Gasteiger partial charge is 0.394 e. The minimum atomic E-state index is -0.720. The molecule has 0 aromatic carbocycles. The summed E-state index contributed by atoms with van der Waals surface area (Å²) in [5.41, 5.74) is 0.260. The van der Waals surface area contributed by atoms with Crippen LogP contribution in [0.25, 0.3) is 0 Å². The van der Waals surface area contributed by atoms with Crippen LogP contribution in [0.5, 0.6) is 0 Å². The molecule has 5 nitrogen and oxygen atoms in total. The standard InChI is InChI=1S/C10H17N3O2/c1-3-10(6-14,7-15)12-9-4-8(2)5-11-13-9/h4-5,14-15H,3,6-7H2,1-2H3,(H,12,13). The third-order valence-electron chi connectivity index (χ3n) is 2.47. The second kappa shape index (κ2) is 5.04. The fourth-order valence-electron chi connectivity index (χ4n) is 1.24. The molecule has 0 spiro atoms. The lowest BCUT2D eigenvalue weighted by atomic mass is 9.98. The van der Waals surface area contributed by atoms with Gasteiger partial charge in [-0.25, -0.2) is 0 Å². The molecule has 0 amide bonds. The van der Waals surface area contributed by atoms with Crippen molar-refractivity contribution in [2.45, 2.75) is 25.8 Å². The Hall–Kier alpha value is -1.20. The van der Waals surface area contributed by atoms with Gasteiger partial charge in [0.05, 0.1) is 24.9 Å². The molecule has 1 rings (SSSR count). The van der Waals surface area contributed by atoms with Gasteiger partial charge in [0.15, 0.2) is 0 Å². The number of aromatic nitrogens is 2. The first-order chi connectivity index (χ1) is 7.15. The van der Waals surface area contributed by atoms with Crippen LogP contribution in [0.1, 0.15) is 18.9 Å². The highest BCUT2D eigenvalue weighted by Crippen LogP contribution is 2.16. The first-order valence-corrected chi connectivity index (χ1v) is 4.95. The van der Waals surface area contributed by atoms with Crippen LogP contribution in [0, 0.1) is 6.92 Å². The van der Waals surface area contributed by atoms with Gasteiger partial charge in [0, 0.05) is 0 Å². The number of hydrogen-bond donors (Lipinski definition) is 3. The van der Waals surface area contributed by atoms with E-state index in [1.165, 1.54) is 0 Å². The van der Waals surface area contributed by atoms with Crippen LogP contribution in [-0.4, -0.2) is 39.2 Å². The smallest absolute Gasteiger partial charge is 0.149 e. The number of rotatable bonds is 5. The first kappa shape index (κ1) is 11.9. The quantitative estimate of drug-likeness (QED) is 0.654. The van der Waals surface area contributed by atoms with Crippen molar-refractivity contribution in [1.29, 1.82) is 0 Å². The van der Waals surface area contributed by atoms with E-state index >= 15 is 0 Å². The molecule has 0 unspecified atom stereocenters. The van der Waals surface area contributed by atoms with E-state index in [1.54, 1.807) is 6.20 Å². The summed E-state index contributed by atoms with van der Waals surface area (Å²) in [5.74, 6) is 0.569. The van der Waals surface area contributed by atoms with Gasteiger partial charge in [-0.3, -0.25) is 0 Å². The van der Waals surface area contributed by atoms with Gasteiger partial charge in [-0.15, -0.1) is 5.10 Å². The van der Waals surface area contributed by atoms with E-state index in [4.69, 9.17) is 0 Å². The van der Waals surface area contributed by atoms with Crippen LogP contribution in [0.4, 0.5) is 5.82 Å².